The molecule has 0 amide bonds. The Morgan fingerprint density at radius 1 is 1.55 bits per heavy atom. The first kappa shape index (κ1) is 8.43. The van der Waals surface area contributed by atoms with E-state index in [0.717, 1.165) is 0 Å². The molecule has 1 aliphatic rings. The summed E-state index contributed by atoms with van der Waals surface area (Å²) in [5.41, 5.74) is -0.722. The molecule has 0 unspecified atom stereocenters. The lowest BCUT2D eigenvalue weighted by atomic mass is 10.1. The zero-order valence-electron chi connectivity index (χ0n) is 6.34. The number of carbonyl (C=O) groups is 1. The highest BCUT2D eigenvalue weighted by molar-refractivity contribution is 5.75. The largest absolute Gasteiger partial charge is 0.481 e. The van der Waals surface area contributed by atoms with E-state index < -0.39 is 29.6 Å². The second-order valence-electron chi connectivity index (χ2n) is 3.50. The van der Waals surface area contributed by atoms with Crippen LogP contribution in [0.5, 0.6) is 0 Å². The van der Waals surface area contributed by atoms with Crippen LogP contribution in [0.4, 0.5) is 8.78 Å². The van der Waals surface area contributed by atoms with Gasteiger partial charge in [-0.25, -0.2) is 8.78 Å². The van der Waals surface area contributed by atoms with E-state index in [1.54, 1.807) is 13.8 Å². The third-order valence-electron chi connectivity index (χ3n) is 2.45. The van der Waals surface area contributed by atoms with Crippen molar-refractivity contribution in [3.8, 4) is 0 Å². The van der Waals surface area contributed by atoms with E-state index in [2.05, 4.69) is 0 Å². The molecule has 0 aromatic carbocycles. The van der Waals surface area contributed by atoms with Crippen molar-refractivity contribution in [2.24, 2.45) is 17.3 Å². The molecule has 1 rings (SSSR count). The molecule has 0 bridgehead atoms. The maximum Gasteiger partial charge on any atom is 0.307 e. The molecule has 11 heavy (non-hydrogen) atoms. The molecule has 1 N–H and O–H groups in total. The molecule has 4 heteroatoms. The number of aliphatic carboxylic acids is 1. The van der Waals surface area contributed by atoms with Gasteiger partial charge in [0.1, 0.15) is 0 Å². The number of carboxylic acids is 1. The van der Waals surface area contributed by atoms with Crippen LogP contribution < -0.4 is 0 Å². The zero-order valence-corrected chi connectivity index (χ0v) is 6.34. The molecule has 0 spiro atoms. The van der Waals surface area contributed by atoms with Crippen molar-refractivity contribution in [3.05, 3.63) is 0 Å². The Hall–Kier alpha value is -0.670. The van der Waals surface area contributed by atoms with Gasteiger partial charge in [-0.2, -0.15) is 0 Å². The minimum Gasteiger partial charge on any atom is -0.481 e. The van der Waals surface area contributed by atoms with Crippen LogP contribution in [0.2, 0.25) is 0 Å². The fourth-order valence-corrected chi connectivity index (χ4v) is 1.62. The normalized spacial score (nSPS) is 33.9. The summed E-state index contributed by atoms with van der Waals surface area (Å²) in [5.74, 6) is -2.93. The van der Waals surface area contributed by atoms with Crippen molar-refractivity contribution in [1.29, 1.82) is 0 Å². The molecule has 64 valence electrons. The predicted molar refractivity (Wildman–Crippen MR) is 34.4 cm³/mol. The standard InChI is InChI=1S/C7H10F2O2/c1-7(2)3(5(8)9)4(7)6(10)11/h3-5H,1-2H3,(H,10,11)/t3-,4-/m1/s1. The average Bonchev–Trinajstić information content (AvgIpc) is 2.33. The summed E-state index contributed by atoms with van der Waals surface area (Å²) in [7, 11) is 0. The van der Waals surface area contributed by atoms with E-state index in [1.807, 2.05) is 0 Å². The molecule has 1 aliphatic carbocycles. The van der Waals surface area contributed by atoms with Gasteiger partial charge in [0.25, 0.3) is 0 Å². The molecule has 2 atom stereocenters. The maximum absolute atomic E-state index is 12.1. The first-order valence-electron chi connectivity index (χ1n) is 3.40. The molecule has 0 aromatic rings. The van der Waals surface area contributed by atoms with Gasteiger partial charge in [-0.3, -0.25) is 4.79 Å². The maximum atomic E-state index is 12.1. The Morgan fingerprint density at radius 3 is 2.09 bits per heavy atom. The molecule has 0 aromatic heterocycles. The molecule has 1 fully saturated rings. The second-order valence-corrected chi connectivity index (χ2v) is 3.50. The average molecular weight is 164 g/mol. The lowest BCUT2D eigenvalue weighted by molar-refractivity contribution is -0.140. The first-order valence-corrected chi connectivity index (χ1v) is 3.40. The summed E-state index contributed by atoms with van der Waals surface area (Å²) in [6.45, 7) is 3.12. The Labute approximate surface area is 63.2 Å². The van der Waals surface area contributed by atoms with Gasteiger partial charge >= 0.3 is 5.97 Å². The number of rotatable bonds is 2. The van der Waals surface area contributed by atoms with Gasteiger partial charge in [-0.15, -0.1) is 0 Å². The highest BCUT2D eigenvalue weighted by Crippen LogP contribution is 2.60. The molecular formula is C7H10F2O2. The quantitative estimate of drug-likeness (QED) is 0.673. The third-order valence-corrected chi connectivity index (χ3v) is 2.45. The molecule has 0 aliphatic heterocycles. The molecule has 0 saturated heterocycles. The van der Waals surface area contributed by atoms with Gasteiger partial charge < -0.3 is 5.11 Å². The fourth-order valence-electron chi connectivity index (χ4n) is 1.62. The number of alkyl halides is 2. The molecule has 0 radical (unpaired) electrons. The SMILES string of the molecule is CC1(C)[C@@H](C(=O)O)[C@@H]1C(F)F. The predicted octanol–water partition coefficient (Wildman–Crippen LogP) is 1.61. The summed E-state index contributed by atoms with van der Waals surface area (Å²) in [5, 5.41) is 8.47. The summed E-state index contributed by atoms with van der Waals surface area (Å²) in [6.07, 6.45) is -2.51. The molecule has 0 heterocycles. The smallest absolute Gasteiger partial charge is 0.307 e. The Kier molecular flexibility index (Phi) is 1.65. The van der Waals surface area contributed by atoms with Gasteiger partial charge in [0.15, 0.2) is 0 Å². The van der Waals surface area contributed by atoms with Crippen LogP contribution in [0.1, 0.15) is 13.8 Å². The minimum absolute atomic E-state index is 0.722. The van der Waals surface area contributed by atoms with Crippen molar-refractivity contribution in [3.63, 3.8) is 0 Å². The van der Waals surface area contributed by atoms with E-state index in [9.17, 15) is 13.6 Å². The highest BCUT2D eigenvalue weighted by atomic mass is 19.3. The lowest BCUT2D eigenvalue weighted by Crippen LogP contribution is -2.04. The Morgan fingerprint density at radius 2 is 2.00 bits per heavy atom. The van der Waals surface area contributed by atoms with Crippen molar-refractivity contribution in [2.45, 2.75) is 20.3 Å². The molecule has 1 saturated carbocycles. The van der Waals surface area contributed by atoms with E-state index in [-0.39, 0.29) is 0 Å². The Balaban J connectivity index is 2.68. The van der Waals surface area contributed by atoms with Crippen molar-refractivity contribution in [1.82, 2.24) is 0 Å². The van der Waals surface area contributed by atoms with Crippen LogP contribution in [-0.4, -0.2) is 17.5 Å². The van der Waals surface area contributed by atoms with Crippen LogP contribution in [-0.2, 0) is 4.79 Å². The van der Waals surface area contributed by atoms with Crippen LogP contribution in [0.25, 0.3) is 0 Å². The third kappa shape index (κ3) is 1.10. The van der Waals surface area contributed by atoms with E-state index in [1.165, 1.54) is 0 Å². The van der Waals surface area contributed by atoms with Gasteiger partial charge in [0.05, 0.1) is 5.92 Å². The summed E-state index contributed by atoms with van der Waals surface area (Å²) >= 11 is 0. The topological polar surface area (TPSA) is 37.3 Å². The van der Waals surface area contributed by atoms with Crippen LogP contribution in [0.15, 0.2) is 0 Å². The molecular weight excluding hydrogens is 154 g/mol. The fraction of sp³-hybridized carbons (Fsp3) is 0.857. The van der Waals surface area contributed by atoms with Gasteiger partial charge in [0, 0.05) is 5.92 Å². The summed E-state index contributed by atoms with van der Waals surface area (Å²) in [6, 6.07) is 0. The van der Waals surface area contributed by atoms with E-state index in [4.69, 9.17) is 5.11 Å². The van der Waals surface area contributed by atoms with Crippen molar-refractivity contribution in [2.75, 3.05) is 0 Å². The summed E-state index contributed by atoms with van der Waals surface area (Å²) in [4.78, 5) is 10.4. The minimum atomic E-state index is -2.51. The van der Waals surface area contributed by atoms with E-state index >= 15 is 0 Å². The second kappa shape index (κ2) is 2.16. The van der Waals surface area contributed by atoms with Gasteiger partial charge in [-0.1, -0.05) is 13.8 Å². The lowest BCUT2D eigenvalue weighted by Gasteiger charge is -1.98. The van der Waals surface area contributed by atoms with Crippen LogP contribution >= 0.6 is 0 Å². The number of hydrogen-bond donors (Lipinski definition) is 1. The highest BCUT2D eigenvalue weighted by Gasteiger charge is 2.66. The van der Waals surface area contributed by atoms with Crippen molar-refractivity contribution < 1.29 is 18.7 Å². The zero-order chi connectivity index (χ0) is 8.81. The number of halogens is 2. The van der Waals surface area contributed by atoms with Crippen LogP contribution in [0.3, 0.4) is 0 Å². The van der Waals surface area contributed by atoms with Gasteiger partial charge in [-0.05, 0) is 5.41 Å². The monoisotopic (exact) mass is 164 g/mol. The van der Waals surface area contributed by atoms with E-state index in [0.29, 0.717) is 0 Å². The van der Waals surface area contributed by atoms with Crippen LogP contribution in [0, 0.1) is 17.3 Å². The summed E-state index contributed by atoms with van der Waals surface area (Å²) < 4.78 is 24.1. The molecule has 2 nitrogen and oxygen atoms in total. The number of carboxylic acid groups (broad SMARTS) is 1. The Bertz CT molecular complexity index is 189. The van der Waals surface area contributed by atoms with Gasteiger partial charge in [0.2, 0.25) is 6.43 Å². The first-order chi connectivity index (χ1) is 4.89. The number of hydrogen-bond acceptors (Lipinski definition) is 1. The van der Waals surface area contributed by atoms with Crippen molar-refractivity contribution >= 4 is 5.97 Å².